The molecular weight excluding hydrogens is 404 g/mol. The number of benzene rings is 3. The van der Waals surface area contributed by atoms with E-state index in [0.717, 1.165) is 0 Å². The Morgan fingerprint density at radius 3 is 2.16 bits per heavy atom. The lowest BCUT2D eigenvalue weighted by molar-refractivity contribution is 0.0596. The Balaban J connectivity index is 2.10. The highest BCUT2D eigenvalue weighted by atomic mass is 16.5. The lowest BCUT2D eigenvalue weighted by Crippen LogP contribution is -2.21. The van der Waals surface area contributed by atoms with E-state index in [1.165, 1.54) is 45.6 Å². The van der Waals surface area contributed by atoms with Crippen molar-refractivity contribution in [3.63, 3.8) is 0 Å². The summed E-state index contributed by atoms with van der Waals surface area (Å²) in [4.78, 5) is 38.7. The molecular formula is C23H18O8. The van der Waals surface area contributed by atoms with Gasteiger partial charge < -0.3 is 24.4 Å². The molecule has 0 saturated carbocycles. The molecule has 0 fully saturated rings. The number of methoxy groups -OCH3 is 3. The molecule has 0 aromatic heterocycles. The van der Waals surface area contributed by atoms with Gasteiger partial charge in [-0.05, 0) is 36.1 Å². The van der Waals surface area contributed by atoms with Gasteiger partial charge in [0.2, 0.25) is 5.78 Å². The van der Waals surface area contributed by atoms with Gasteiger partial charge in [-0.15, -0.1) is 0 Å². The summed E-state index contributed by atoms with van der Waals surface area (Å²) in [7, 11) is 3.97. The average molecular weight is 422 g/mol. The molecule has 1 aliphatic carbocycles. The van der Waals surface area contributed by atoms with Crippen molar-refractivity contribution in [1.29, 1.82) is 0 Å². The normalized spacial score (nSPS) is 12.4. The lowest BCUT2D eigenvalue weighted by atomic mass is 9.80. The third kappa shape index (κ3) is 2.72. The Morgan fingerprint density at radius 2 is 1.55 bits per heavy atom. The summed E-state index contributed by atoms with van der Waals surface area (Å²) in [5.41, 5.74) is -0.0888. The average Bonchev–Trinajstić information content (AvgIpc) is 2.75. The van der Waals surface area contributed by atoms with Crippen molar-refractivity contribution < 1.29 is 38.8 Å². The molecule has 31 heavy (non-hydrogen) atoms. The SMILES string of the molecule is COC(=O)c1c(OC)cc2cc3c(c(O)c2c1C)C(=O)c1c(O)cc(OC)cc1C3=O. The zero-order valence-corrected chi connectivity index (χ0v) is 17.2. The first-order valence-electron chi connectivity index (χ1n) is 9.21. The number of phenolic OH excluding ortho intramolecular Hbond substituents is 2. The zero-order chi connectivity index (χ0) is 22.6. The standard InChI is InChI=1S/C23H18O8/c1-9-16-10(6-15(30-3)17(9)23(28)31-4)5-12-19(21(16)26)22(27)18-13(20(12)25)7-11(29-2)8-14(18)24/h5-8,24,26H,1-4H3. The summed E-state index contributed by atoms with van der Waals surface area (Å²) in [5.74, 6) is -2.41. The Morgan fingerprint density at radius 1 is 0.871 bits per heavy atom. The van der Waals surface area contributed by atoms with Gasteiger partial charge in [-0.1, -0.05) is 0 Å². The molecule has 0 bridgehead atoms. The highest BCUT2D eigenvalue weighted by Gasteiger charge is 2.36. The minimum atomic E-state index is -0.709. The maximum atomic E-state index is 13.2. The van der Waals surface area contributed by atoms with E-state index in [-0.39, 0.29) is 44.7 Å². The highest BCUT2D eigenvalue weighted by Crippen LogP contribution is 2.44. The summed E-state index contributed by atoms with van der Waals surface area (Å²) in [6.45, 7) is 1.58. The first-order valence-corrected chi connectivity index (χ1v) is 9.21. The van der Waals surface area contributed by atoms with Crippen LogP contribution in [0.4, 0.5) is 0 Å². The Kier molecular flexibility index (Phi) is 4.57. The number of rotatable bonds is 3. The number of aryl methyl sites for hydroxylation is 1. The fraction of sp³-hybridized carbons (Fsp3) is 0.174. The number of phenols is 2. The molecule has 0 amide bonds. The monoisotopic (exact) mass is 422 g/mol. The fourth-order valence-electron chi connectivity index (χ4n) is 4.05. The third-order valence-electron chi connectivity index (χ3n) is 5.49. The number of carbonyl (C=O) groups excluding carboxylic acids is 3. The first kappa shape index (κ1) is 20.2. The van der Waals surface area contributed by atoms with Gasteiger partial charge in [0.15, 0.2) is 5.78 Å². The van der Waals surface area contributed by atoms with Gasteiger partial charge in [0, 0.05) is 22.6 Å². The second kappa shape index (κ2) is 7.02. The van der Waals surface area contributed by atoms with E-state index < -0.39 is 29.0 Å². The number of fused-ring (bicyclic) bond motifs is 3. The topological polar surface area (TPSA) is 119 Å². The van der Waals surface area contributed by atoms with Gasteiger partial charge in [0.05, 0.1) is 32.5 Å². The van der Waals surface area contributed by atoms with Crippen LogP contribution in [0.25, 0.3) is 10.8 Å². The van der Waals surface area contributed by atoms with Crippen molar-refractivity contribution in [3.8, 4) is 23.0 Å². The van der Waals surface area contributed by atoms with Gasteiger partial charge in [-0.2, -0.15) is 0 Å². The second-order valence-corrected chi connectivity index (χ2v) is 7.04. The molecule has 158 valence electrons. The number of hydrogen-bond donors (Lipinski definition) is 2. The quantitative estimate of drug-likeness (QED) is 0.483. The molecule has 3 aromatic carbocycles. The molecule has 2 N–H and O–H groups in total. The summed E-state index contributed by atoms with van der Waals surface area (Å²) < 4.78 is 15.2. The zero-order valence-electron chi connectivity index (χ0n) is 17.2. The molecule has 1 aliphatic rings. The van der Waals surface area contributed by atoms with Crippen LogP contribution in [0.3, 0.4) is 0 Å². The van der Waals surface area contributed by atoms with Crippen LogP contribution in [-0.4, -0.2) is 49.1 Å². The fourth-order valence-corrected chi connectivity index (χ4v) is 4.05. The van der Waals surface area contributed by atoms with Gasteiger partial charge >= 0.3 is 5.97 Å². The van der Waals surface area contributed by atoms with Gasteiger partial charge in [0.1, 0.15) is 28.6 Å². The Labute approximate surface area is 176 Å². The van der Waals surface area contributed by atoms with Gasteiger partial charge in [-0.25, -0.2) is 4.79 Å². The lowest BCUT2D eigenvalue weighted by Gasteiger charge is -2.22. The first-order chi connectivity index (χ1) is 14.7. The van der Waals surface area contributed by atoms with E-state index in [1.54, 1.807) is 6.92 Å². The molecule has 3 aromatic rings. The van der Waals surface area contributed by atoms with Crippen LogP contribution >= 0.6 is 0 Å². The molecule has 0 heterocycles. The van der Waals surface area contributed by atoms with Crippen LogP contribution in [-0.2, 0) is 4.74 Å². The molecule has 0 aliphatic heterocycles. The van der Waals surface area contributed by atoms with E-state index in [1.807, 2.05) is 0 Å². The van der Waals surface area contributed by atoms with Crippen molar-refractivity contribution in [2.75, 3.05) is 21.3 Å². The molecule has 0 unspecified atom stereocenters. The van der Waals surface area contributed by atoms with Gasteiger partial charge in [-0.3, -0.25) is 9.59 Å². The van der Waals surface area contributed by atoms with E-state index in [0.29, 0.717) is 10.9 Å². The number of hydrogen-bond acceptors (Lipinski definition) is 8. The van der Waals surface area contributed by atoms with Crippen molar-refractivity contribution in [3.05, 3.63) is 57.6 Å². The van der Waals surface area contributed by atoms with Crippen molar-refractivity contribution in [1.82, 2.24) is 0 Å². The van der Waals surface area contributed by atoms with Gasteiger partial charge in [0.25, 0.3) is 0 Å². The molecule has 8 heteroatoms. The maximum absolute atomic E-state index is 13.2. The van der Waals surface area contributed by atoms with Crippen LogP contribution in [0, 0.1) is 6.92 Å². The van der Waals surface area contributed by atoms with Crippen LogP contribution in [0.2, 0.25) is 0 Å². The minimum Gasteiger partial charge on any atom is -0.507 e. The second-order valence-electron chi connectivity index (χ2n) is 7.04. The number of carbonyl (C=O) groups is 3. The maximum Gasteiger partial charge on any atom is 0.341 e. The van der Waals surface area contributed by atoms with Crippen molar-refractivity contribution in [2.45, 2.75) is 6.92 Å². The summed E-state index contributed by atoms with van der Waals surface area (Å²) in [6.07, 6.45) is 0. The van der Waals surface area contributed by atoms with Crippen LogP contribution in [0.1, 0.15) is 47.8 Å². The highest BCUT2D eigenvalue weighted by molar-refractivity contribution is 6.32. The van der Waals surface area contributed by atoms with Crippen molar-refractivity contribution >= 4 is 28.3 Å². The Hall–Kier alpha value is -4.07. The number of aromatic hydroxyl groups is 2. The predicted octanol–water partition coefficient (Wildman–Crippen LogP) is 3.14. The summed E-state index contributed by atoms with van der Waals surface area (Å²) >= 11 is 0. The van der Waals surface area contributed by atoms with E-state index in [4.69, 9.17) is 14.2 Å². The summed E-state index contributed by atoms with van der Waals surface area (Å²) in [5, 5.41) is 22.0. The number of esters is 1. The summed E-state index contributed by atoms with van der Waals surface area (Å²) in [6, 6.07) is 5.54. The molecule has 0 spiro atoms. The third-order valence-corrected chi connectivity index (χ3v) is 5.49. The molecule has 8 nitrogen and oxygen atoms in total. The minimum absolute atomic E-state index is 0.0250. The number of ether oxygens (including phenoxy) is 3. The van der Waals surface area contributed by atoms with E-state index in [2.05, 4.69) is 0 Å². The Bertz CT molecular complexity index is 1320. The molecule has 0 saturated heterocycles. The van der Waals surface area contributed by atoms with Crippen LogP contribution in [0.5, 0.6) is 23.0 Å². The van der Waals surface area contributed by atoms with Crippen LogP contribution in [0.15, 0.2) is 24.3 Å². The number of ketones is 2. The molecule has 0 radical (unpaired) electrons. The molecule has 4 rings (SSSR count). The van der Waals surface area contributed by atoms with E-state index >= 15 is 0 Å². The van der Waals surface area contributed by atoms with Crippen LogP contribution < -0.4 is 9.47 Å². The smallest absolute Gasteiger partial charge is 0.341 e. The predicted molar refractivity (Wildman–Crippen MR) is 110 cm³/mol. The largest absolute Gasteiger partial charge is 0.507 e. The van der Waals surface area contributed by atoms with Crippen molar-refractivity contribution in [2.24, 2.45) is 0 Å². The molecule has 0 atom stereocenters. The van der Waals surface area contributed by atoms with E-state index in [9.17, 15) is 24.6 Å².